The lowest BCUT2D eigenvalue weighted by Gasteiger charge is -2.13. The van der Waals surface area contributed by atoms with Gasteiger partial charge in [-0.15, -0.1) is 10.2 Å². The second kappa shape index (κ2) is 8.27. The van der Waals surface area contributed by atoms with Crippen LogP contribution in [0.2, 0.25) is 0 Å². The number of ether oxygens (including phenoxy) is 1. The molecule has 0 aliphatic carbocycles. The Bertz CT molecular complexity index is 1300. The highest BCUT2D eigenvalue weighted by Crippen LogP contribution is 2.30. The van der Waals surface area contributed by atoms with E-state index in [1.54, 1.807) is 38.3 Å². The number of carbonyl (C=O) groups is 2. The molecule has 0 radical (unpaired) electrons. The summed E-state index contributed by atoms with van der Waals surface area (Å²) < 4.78 is 7.31. The summed E-state index contributed by atoms with van der Waals surface area (Å²) in [6.45, 7) is 3.83. The maximum atomic E-state index is 12.7. The number of aromatic nitrogens is 3. The molecule has 0 spiro atoms. The number of primary amides is 1. The van der Waals surface area contributed by atoms with Crippen LogP contribution >= 0.6 is 11.8 Å². The molecule has 2 aromatic carbocycles. The van der Waals surface area contributed by atoms with Crippen molar-refractivity contribution in [2.24, 2.45) is 5.73 Å². The van der Waals surface area contributed by atoms with Crippen LogP contribution in [-0.2, 0) is 4.79 Å². The molecule has 0 aliphatic rings. The Morgan fingerprint density at radius 2 is 1.87 bits per heavy atom. The molecule has 1 atom stereocenters. The molecule has 3 N–H and O–H groups in total. The quantitative estimate of drug-likeness (QED) is 0.449. The summed E-state index contributed by atoms with van der Waals surface area (Å²) in [5.74, 6) is 0.0244. The summed E-state index contributed by atoms with van der Waals surface area (Å²) in [5.41, 5.74) is 8.91. The smallest absolute Gasteiger partial charge is 0.248 e. The van der Waals surface area contributed by atoms with Gasteiger partial charge in [-0.1, -0.05) is 11.8 Å². The fraction of sp³-hybridized carbons (Fsp3) is 0.182. The minimum Gasteiger partial charge on any atom is -0.497 e. The molecule has 2 heterocycles. The number of rotatable bonds is 6. The number of nitrogens with zero attached hydrogens (tertiary/aromatic N) is 3. The zero-order chi connectivity index (χ0) is 22.1. The molecule has 0 saturated heterocycles. The average Bonchev–Trinajstić information content (AvgIpc) is 3.16. The number of aryl methyl sites for hydroxylation is 1. The van der Waals surface area contributed by atoms with Crippen molar-refractivity contribution in [2.75, 3.05) is 12.4 Å². The normalized spacial score (nSPS) is 12.1. The lowest BCUT2D eigenvalue weighted by Crippen LogP contribution is -2.22. The van der Waals surface area contributed by atoms with Crippen molar-refractivity contribution < 1.29 is 14.3 Å². The maximum Gasteiger partial charge on any atom is 0.248 e. The lowest BCUT2D eigenvalue weighted by molar-refractivity contribution is -0.115. The zero-order valence-corrected chi connectivity index (χ0v) is 18.1. The molecule has 9 heteroatoms. The van der Waals surface area contributed by atoms with Crippen molar-refractivity contribution in [3.63, 3.8) is 0 Å². The predicted octanol–water partition coefficient (Wildman–Crippen LogP) is 3.42. The first-order valence-corrected chi connectivity index (χ1v) is 10.4. The minimum atomic E-state index is -0.514. The summed E-state index contributed by atoms with van der Waals surface area (Å²) >= 11 is 1.31. The Hall–Kier alpha value is -3.59. The van der Waals surface area contributed by atoms with Crippen LogP contribution in [0.3, 0.4) is 0 Å². The molecular formula is C22H21N5O3S. The van der Waals surface area contributed by atoms with Crippen molar-refractivity contribution >= 4 is 45.8 Å². The van der Waals surface area contributed by atoms with Crippen LogP contribution in [-0.4, -0.2) is 38.8 Å². The fourth-order valence-corrected chi connectivity index (χ4v) is 4.15. The summed E-state index contributed by atoms with van der Waals surface area (Å²) in [7, 11) is 1.62. The Balaban J connectivity index is 1.61. The monoisotopic (exact) mass is 435 g/mol. The van der Waals surface area contributed by atoms with E-state index in [-0.39, 0.29) is 5.91 Å². The Morgan fingerprint density at radius 1 is 1.13 bits per heavy atom. The van der Waals surface area contributed by atoms with Gasteiger partial charge in [0.15, 0.2) is 10.8 Å². The van der Waals surface area contributed by atoms with E-state index >= 15 is 0 Å². The highest BCUT2D eigenvalue weighted by Gasteiger charge is 2.20. The number of nitrogens with one attached hydrogen (secondary N) is 1. The number of anilines is 1. The van der Waals surface area contributed by atoms with E-state index < -0.39 is 11.2 Å². The van der Waals surface area contributed by atoms with E-state index in [0.29, 0.717) is 22.1 Å². The number of carbonyl (C=O) groups excluding carboxylic acids is 2. The van der Waals surface area contributed by atoms with Crippen molar-refractivity contribution in [1.82, 2.24) is 14.6 Å². The van der Waals surface area contributed by atoms with Gasteiger partial charge in [0.05, 0.1) is 17.9 Å². The Labute approximate surface area is 182 Å². The molecular weight excluding hydrogens is 414 g/mol. The van der Waals surface area contributed by atoms with Crippen molar-refractivity contribution in [1.29, 1.82) is 0 Å². The van der Waals surface area contributed by atoms with Gasteiger partial charge in [-0.05, 0) is 61.9 Å². The molecule has 8 nitrogen and oxygen atoms in total. The predicted molar refractivity (Wildman–Crippen MR) is 121 cm³/mol. The highest BCUT2D eigenvalue weighted by atomic mass is 32.2. The van der Waals surface area contributed by atoms with Gasteiger partial charge in [0.1, 0.15) is 5.75 Å². The first-order valence-electron chi connectivity index (χ1n) is 9.57. The number of nitrogens with two attached hydrogens (primary N) is 1. The molecule has 1 unspecified atom stereocenters. The molecule has 4 rings (SSSR count). The molecule has 0 saturated carbocycles. The van der Waals surface area contributed by atoms with Crippen molar-refractivity contribution in [3.05, 3.63) is 59.7 Å². The molecule has 158 valence electrons. The Morgan fingerprint density at radius 3 is 2.55 bits per heavy atom. The van der Waals surface area contributed by atoms with E-state index in [0.717, 1.165) is 22.2 Å². The average molecular weight is 436 g/mol. The first-order chi connectivity index (χ1) is 14.9. The van der Waals surface area contributed by atoms with Crippen LogP contribution in [0.25, 0.3) is 16.6 Å². The van der Waals surface area contributed by atoms with Crippen LogP contribution in [0.15, 0.2) is 53.7 Å². The van der Waals surface area contributed by atoms with E-state index in [9.17, 15) is 9.59 Å². The van der Waals surface area contributed by atoms with Crippen LogP contribution in [0.4, 0.5) is 5.69 Å². The van der Waals surface area contributed by atoms with Crippen LogP contribution in [0.5, 0.6) is 5.75 Å². The van der Waals surface area contributed by atoms with Gasteiger partial charge in [-0.25, -0.2) is 0 Å². The number of hydrogen-bond acceptors (Lipinski definition) is 6. The first kappa shape index (κ1) is 20.7. The number of thioether (sulfide) groups is 1. The molecule has 2 amide bonds. The van der Waals surface area contributed by atoms with Crippen molar-refractivity contribution in [2.45, 2.75) is 24.3 Å². The maximum absolute atomic E-state index is 12.7. The Kier molecular flexibility index (Phi) is 5.51. The van der Waals surface area contributed by atoms with Crippen molar-refractivity contribution in [3.8, 4) is 5.75 Å². The molecule has 0 aliphatic heterocycles. The second-order valence-corrected chi connectivity index (χ2v) is 8.39. The van der Waals surface area contributed by atoms with E-state index in [1.807, 2.05) is 35.6 Å². The number of benzene rings is 2. The summed E-state index contributed by atoms with van der Waals surface area (Å²) in [6.07, 6.45) is 0. The van der Waals surface area contributed by atoms with Gasteiger partial charge >= 0.3 is 0 Å². The number of hydrogen-bond donors (Lipinski definition) is 2. The molecule has 0 bridgehead atoms. The van der Waals surface area contributed by atoms with Gasteiger partial charge in [0, 0.05) is 22.7 Å². The van der Waals surface area contributed by atoms with E-state index in [4.69, 9.17) is 10.5 Å². The van der Waals surface area contributed by atoms with Gasteiger partial charge in [0.25, 0.3) is 0 Å². The third-order valence-corrected chi connectivity index (χ3v) is 6.01. The van der Waals surface area contributed by atoms with Gasteiger partial charge in [-0.2, -0.15) is 0 Å². The lowest BCUT2D eigenvalue weighted by atomic mass is 10.1. The zero-order valence-electron chi connectivity index (χ0n) is 17.2. The summed E-state index contributed by atoms with van der Waals surface area (Å²) in [6, 6.07) is 14.3. The molecule has 0 fully saturated rings. The fourth-order valence-electron chi connectivity index (χ4n) is 3.28. The SMILES string of the molecule is COc1ccc2c(C)cc3nnc(SC(C)C(=O)Nc4ccc(C(N)=O)cc4)n3c2c1. The second-order valence-electron chi connectivity index (χ2n) is 7.08. The number of pyridine rings is 1. The highest BCUT2D eigenvalue weighted by molar-refractivity contribution is 8.00. The largest absolute Gasteiger partial charge is 0.497 e. The van der Waals surface area contributed by atoms with Gasteiger partial charge in [0.2, 0.25) is 11.8 Å². The standard InChI is InChI=1S/C22H21N5O3S/c1-12-10-19-25-26-22(27(19)18-11-16(30-3)8-9-17(12)18)31-13(2)21(29)24-15-6-4-14(5-7-15)20(23)28/h4-11,13H,1-3H3,(H2,23,28)(H,24,29). The number of amides is 2. The van der Waals surface area contributed by atoms with Crippen LogP contribution in [0, 0.1) is 6.92 Å². The molecule has 2 aromatic heterocycles. The van der Waals surface area contributed by atoms with E-state index in [1.165, 1.54) is 11.8 Å². The topological polar surface area (TPSA) is 112 Å². The van der Waals surface area contributed by atoms with Crippen LogP contribution in [0.1, 0.15) is 22.8 Å². The molecule has 31 heavy (non-hydrogen) atoms. The summed E-state index contributed by atoms with van der Waals surface area (Å²) in [5, 5.41) is 12.7. The van der Waals surface area contributed by atoms with Crippen LogP contribution < -0.4 is 15.8 Å². The van der Waals surface area contributed by atoms with Gasteiger partial charge in [-0.3, -0.25) is 14.0 Å². The van der Waals surface area contributed by atoms with Gasteiger partial charge < -0.3 is 15.8 Å². The number of fused-ring (bicyclic) bond motifs is 3. The summed E-state index contributed by atoms with van der Waals surface area (Å²) in [4.78, 5) is 23.9. The van der Waals surface area contributed by atoms with E-state index in [2.05, 4.69) is 15.5 Å². The third-order valence-electron chi connectivity index (χ3n) is 4.96. The number of methoxy groups -OCH3 is 1. The minimum absolute atomic E-state index is 0.192. The molecule has 4 aromatic rings. The third kappa shape index (κ3) is 4.04.